The molecule has 0 unspecified atom stereocenters. The van der Waals surface area contributed by atoms with E-state index in [-0.39, 0.29) is 16.4 Å². The molecule has 2 rings (SSSR count). The molecule has 1 saturated heterocycles. The van der Waals surface area contributed by atoms with E-state index in [1.54, 1.807) is 0 Å². The number of amides is 2. The first kappa shape index (κ1) is 14.9. The highest BCUT2D eigenvalue weighted by molar-refractivity contribution is 8.18. The van der Waals surface area contributed by atoms with Crippen molar-refractivity contribution in [3.63, 3.8) is 0 Å². The van der Waals surface area contributed by atoms with E-state index in [1.165, 1.54) is 31.4 Å². The predicted molar refractivity (Wildman–Crippen MR) is 72.3 cm³/mol. The fraction of sp³-hybridized carbons (Fsp3) is 0.154. The number of carboxylic acids is 1. The number of carboxylic acid groups (broad SMARTS) is 1. The van der Waals surface area contributed by atoms with E-state index < -0.39 is 23.7 Å². The van der Waals surface area contributed by atoms with E-state index >= 15 is 0 Å². The van der Waals surface area contributed by atoms with E-state index in [0.29, 0.717) is 22.2 Å². The zero-order valence-corrected chi connectivity index (χ0v) is 11.7. The molecule has 7 nitrogen and oxygen atoms in total. The highest BCUT2D eigenvalue weighted by Gasteiger charge is 2.34. The van der Waals surface area contributed by atoms with Gasteiger partial charge in [-0.2, -0.15) is 0 Å². The van der Waals surface area contributed by atoms with Crippen LogP contribution in [-0.2, 0) is 9.59 Å². The maximum absolute atomic E-state index is 11.9. The third kappa shape index (κ3) is 3.16. The van der Waals surface area contributed by atoms with Crippen LogP contribution in [0.5, 0.6) is 11.5 Å². The molecule has 8 heteroatoms. The Kier molecular flexibility index (Phi) is 4.18. The van der Waals surface area contributed by atoms with Crippen LogP contribution in [0.15, 0.2) is 23.1 Å². The Bertz CT molecular complexity index is 654. The summed E-state index contributed by atoms with van der Waals surface area (Å²) in [5.74, 6) is -2.04. The number of ether oxygens (including phenoxy) is 1. The smallest absolute Gasteiger partial charge is 0.293 e. The maximum atomic E-state index is 11.9. The first-order chi connectivity index (χ1) is 9.92. The number of aromatic hydroxyl groups is 1. The van der Waals surface area contributed by atoms with Gasteiger partial charge in [0, 0.05) is 0 Å². The average molecular weight is 308 g/mol. The molecule has 1 aliphatic heterocycles. The Balaban J connectivity index is 2.28. The number of rotatable bonds is 4. The number of carbonyl (C=O) groups is 3. The molecule has 2 amide bonds. The summed E-state index contributed by atoms with van der Waals surface area (Å²) in [6, 6.07) is 4.41. The van der Waals surface area contributed by atoms with Crippen molar-refractivity contribution >= 4 is 35.0 Å². The van der Waals surface area contributed by atoms with Gasteiger partial charge < -0.3 is 19.7 Å². The quantitative estimate of drug-likeness (QED) is 0.791. The van der Waals surface area contributed by atoms with Gasteiger partial charge >= 0.3 is 0 Å². The van der Waals surface area contributed by atoms with Gasteiger partial charge in [0.25, 0.3) is 11.1 Å². The number of benzene rings is 1. The molecule has 0 atom stereocenters. The number of hydrogen-bond donors (Lipinski definition) is 1. The van der Waals surface area contributed by atoms with Gasteiger partial charge in [0.1, 0.15) is 0 Å². The van der Waals surface area contributed by atoms with Crippen LogP contribution < -0.4 is 9.84 Å². The first-order valence-corrected chi connectivity index (χ1v) is 6.56. The molecule has 21 heavy (non-hydrogen) atoms. The largest absolute Gasteiger partial charge is 0.548 e. The van der Waals surface area contributed by atoms with Crippen molar-refractivity contribution in [1.82, 2.24) is 4.90 Å². The van der Waals surface area contributed by atoms with Crippen LogP contribution in [0.3, 0.4) is 0 Å². The fourth-order valence-electron chi connectivity index (χ4n) is 1.70. The molecule has 110 valence electrons. The number of phenols is 1. The van der Waals surface area contributed by atoms with Crippen molar-refractivity contribution < 1.29 is 29.3 Å². The molecule has 0 saturated carbocycles. The Morgan fingerprint density at radius 2 is 2.19 bits per heavy atom. The molecule has 1 N–H and O–H groups in total. The minimum Gasteiger partial charge on any atom is -0.548 e. The van der Waals surface area contributed by atoms with Crippen molar-refractivity contribution in [2.24, 2.45) is 0 Å². The highest BCUT2D eigenvalue weighted by atomic mass is 32.2. The molecule has 1 aromatic carbocycles. The van der Waals surface area contributed by atoms with Gasteiger partial charge in [0.15, 0.2) is 11.5 Å². The van der Waals surface area contributed by atoms with Gasteiger partial charge in [-0.25, -0.2) is 0 Å². The second-order valence-electron chi connectivity index (χ2n) is 4.07. The monoisotopic (exact) mass is 308 g/mol. The van der Waals surface area contributed by atoms with Gasteiger partial charge in [-0.3, -0.25) is 14.5 Å². The molecule has 0 aromatic heterocycles. The minimum atomic E-state index is -1.51. The molecule has 0 radical (unpaired) electrons. The van der Waals surface area contributed by atoms with E-state index in [1.807, 2.05) is 0 Å². The van der Waals surface area contributed by atoms with E-state index in [2.05, 4.69) is 0 Å². The third-order valence-corrected chi connectivity index (χ3v) is 3.57. The number of aliphatic carboxylic acids is 1. The number of nitrogens with zero attached hydrogens (tertiary/aromatic N) is 1. The Morgan fingerprint density at radius 1 is 1.48 bits per heavy atom. The van der Waals surface area contributed by atoms with E-state index in [4.69, 9.17) is 4.74 Å². The lowest BCUT2D eigenvalue weighted by Gasteiger charge is -2.12. The van der Waals surface area contributed by atoms with Crippen molar-refractivity contribution in [3.8, 4) is 11.5 Å². The average Bonchev–Trinajstić information content (AvgIpc) is 2.68. The molecule has 1 aliphatic rings. The van der Waals surface area contributed by atoms with Crippen LogP contribution in [0.4, 0.5) is 4.79 Å². The van der Waals surface area contributed by atoms with Crippen LogP contribution in [0.25, 0.3) is 6.08 Å². The van der Waals surface area contributed by atoms with Crippen LogP contribution in [-0.4, -0.2) is 40.8 Å². The molecule has 1 fully saturated rings. The summed E-state index contributed by atoms with van der Waals surface area (Å²) in [7, 11) is 1.38. The molecular formula is C13H10NO6S-. The highest BCUT2D eigenvalue weighted by Crippen LogP contribution is 2.33. The Morgan fingerprint density at radius 3 is 2.81 bits per heavy atom. The Hall–Kier alpha value is -2.48. The second kappa shape index (κ2) is 5.88. The number of hydrogen-bond acceptors (Lipinski definition) is 7. The number of carbonyl (C=O) groups excluding carboxylic acids is 3. The number of methoxy groups -OCH3 is 1. The van der Waals surface area contributed by atoms with Gasteiger partial charge in [-0.15, -0.1) is 0 Å². The molecule has 1 aromatic rings. The lowest BCUT2D eigenvalue weighted by atomic mass is 10.2. The fourth-order valence-corrected chi connectivity index (χ4v) is 2.54. The summed E-state index contributed by atoms with van der Waals surface area (Å²) in [5.41, 5.74) is 0.531. The molecule has 0 aliphatic carbocycles. The van der Waals surface area contributed by atoms with E-state index in [9.17, 15) is 24.6 Å². The maximum Gasteiger partial charge on any atom is 0.293 e. The SMILES string of the molecule is COc1cc(/C=C2/SC(=O)N(CC(=O)[O-])C2=O)ccc1O. The van der Waals surface area contributed by atoms with Gasteiger partial charge in [-0.1, -0.05) is 6.07 Å². The Labute approximate surface area is 123 Å². The van der Waals surface area contributed by atoms with Crippen LogP contribution >= 0.6 is 11.8 Å². The molecule has 1 heterocycles. The predicted octanol–water partition coefficient (Wildman–Crippen LogP) is 0.187. The van der Waals surface area contributed by atoms with Gasteiger partial charge in [0.05, 0.1) is 24.5 Å². The summed E-state index contributed by atoms with van der Waals surface area (Å²) in [6.45, 7) is -0.777. The summed E-state index contributed by atoms with van der Waals surface area (Å²) in [6.07, 6.45) is 1.42. The minimum absolute atomic E-state index is 0.0558. The summed E-state index contributed by atoms with van der Waals surface area (Å²) < 4.78 is 4.94. The summed E-state index contributed by atoms with van der Waals surface area (Å²) in [5, 5.41) is 19.3. The summed E-state index contributed by atoms with van der Waals surface area (Å²) in [4.78, 5) is 34.7. The van der Waals surface area contributed by atoms with Gasteiger partial charge in [0.2, 0.25) is 0 Å². The second-order valence-corrected chi connectivity index (χ2v) is 5.06. The molecular weight excluding hydrogens is 298 g/mol. The third-order valence-electron chi connectivity index (χ3n) is 2.66. The number of thioether (sulfide) groups is 1. The number of imide groups is 1. The zero-order chi connectivity index (χ0) is 15.6. The topological polar surface area (TPSA) is 107 Å². The lowest BCUT2D eigenvalue weighted by Crippen LogP contribution is -2.40. The van der Waals surface area contributed by atoms with Crippen LogP contribution in [0.2, 0.25) is 0 Å². The van der Waals surface area contributed by atoms with Crippen LogP contribution in [0, 0.1) is 0 Å². The lowest BCUT2D eigenvalue weighted by molar-refractivity contribution is -0.305. The van der Waals surface area contributed by atoms with Crippen molar-refractivity contribution in [2.45, 2.75) is 0 Å². The van der Waals surface area contributed by atoms with Crippen molar-refractivity contribution in [1.29, 1.82) is 0 Å². The normalized spacial score (nSPS) is 16.6. The molecule has 0 spiro atoms. The van der Waals surface area contributed by atoms with Crippen molar-refractivity contribution in [3.05, 3.63) is 28.7 Å². The number of phenolic OH excluding ortho intramolecular Hbond substituents is 1. The summed E-state index contributed by atoms with van der Waals surface area (Å²) >= 11 is 0.640. The van der Waals surface area contributed by atoms with Crippen molar-refractivity contribution in [2.75, 3.05) is 13.7 Å². The first-order valence-electron chi connectivity index (χ1n) is 5.74. The molecule has 0 bridgehead atoms. The van der Waals surface area contributed by atoms with E-state index in [0.717, 1.165) is 0 Å². The zero-order valence-electron chi connectivity index (χ0n) is 10.9. The standard InChI is InChI=1S/C13H11NO6S/c1-20-9-4-7(2-3-8(9)15)5-10-12(18)14(6-11(16)17)13(19)21-10/h2-5,15H,6H2,1H3,(H,16,17)/p-1/b10-5+. The van der Waals surface area contributed by atoms with Crippen LogP contribution in [0.1, 0.15) is 5.56 Å². The van der Waals surface area contributed by atoms with Gasteiger partial charge in [-0.05, 0) is 35.5 Å².